The average molecular weight is 261 g/mol. The van der Waals surface area contributed by atoms with Gasteiger partial charge >= 0.3 is 0 Å². The molecular weight excluding hydrogens is 242 g/mol. The molecule has 19 heavy (non-hydrogen) atoms. The molecule has 2 aliphatic heterocycles. The van der Waals surface area contributed by atoms with Crippen molar-refractivity contribution in [1.82, 2.24) is 0 Å². The van der Waals surface area contributed by atoms with Gasteiger partial charge < -0.3 is 19.2 Å². The first-order valence-electron chi connectivity index (χ1n) is 6.91. The number of hydrogen-bond donors (Lipinski definition) is 0. The Bertz CT molecular complexity index is 455. The first-order valence-corrected chi connectivity index (χ1v) is 6.91. The molecule has 0 amide bonds. The molecule has 2 heterocycles. The van der Waals surface area contributed by atoms with Crippen LogP contribution in [0.3, 0.4) is 0 Å². The molecule has 0 radical (unpaired) electrons. The van der Waals surface area contributed by atoms with Gasteiger partial charge in [-0.15, -0.1) is 0 Å². The molecule has 2 aliphatic rings. The van der Waals surface area contributed by atoms with E-state index in [0.29, 0.717) is 18.9 Å². The third-order valence-electron chi connectivity index (χ3n) is 3.92. The fourth-order valence-electron chi connectivity index (χ4n) is 2.83. The van der Waals surface area contributed by atoms with Gasteiger partial charge in [-0.3, -0.25) is 0 Å². The summed E-state index contributed by atoms with van der Waals surface area (Å²) in [6, 6.07) is 6.36. The minimum absolute atomic E-state index is 0.319. The van der Waals surface area contributed by atoms with Crippen molar-refractivity contribution in [2.45, 2.75) is 18.8 Å². The highest BCUT2D eigenvalue weighted by Crippen LogP contribution is 2.37. The Morgan fingerprint density at radius 3 is 2.89 bits per heavy atom. The highest BCUT2D eigenvalue weighted by atomic mass is 16.5. The van der Waals surface area contributed by atoms with Crippen molar-refractivity contribution in [1.29, 1.82) is 0 Å². The predicted molar refractivity (Wildman–Crippen MR) is 73.0 cm³/mol. The number of benzene rings is 1. The van der Waals surface area contributed by atoms with Crippen LogP contribution in [0, 0.1) is 0 Å². The van der Waals surface area contributed by atoms with E-state index in [0.717, 1.165) is 44.8 Å². The molecule has 3 rings (SSSR count). The summed E-state index contributed by atoms with van der Waals surface area (Å²) in [6.07, 6.45) is 2.53. The zero-order chi connectivity index (χ0) is 13.1. The molecule has 0 aromatic heterocycles. The number of morpholine rings is 1. The van der Waals surface area contributed by atoms with Crippen LogP contribution in [0.15, 0.2) is 18.2 Å². The van der Waals surface area contributed by atoms with Crippen LogP contribution >= 0.6 is 0 Å². The molecule has 0 spiro atoms. The molecule has 0 N–H and O–H groups in total. The van der Waals surface area contributed by atoms with Gasteiger partial charge in [0, 0.05) is 31.3 Å². The van der Waals surface area contributed by atoms with Crippen LogP contribution < -0.4 is 9.64 Å². The van der Waals surface area contributed by atoms with E-state index < -0.39 is 0 Å². The highest BCUT2D eigenvalue weighted by Gasteiger charge is 2.22. The SMILES string of the molecule is O=CC[C@H]1CCOc2cc(N3CCOCC3)ccc21. The fraction of sp³-hybridized carbons (Fsp3) is 0.533. The minimum atomic E-state index is 0.319. The zero-order valence-electron chi connectivity index (χ0n) is 11.0. The summed E-state index contributed by atoms with van der Waals surface area (Å²) in [5.74, 6) is 1.27. The lowest BCUT2D eigenvalue weighted by Gasteiger charge is -2.31. The standard InChI is InChI=1S/C15H19NO3/c17-7-3-12-4-8-19-15-11-13(1-2-14(12)15)16-5-9-18-10-6-16/h1-2,7,11-12H,3-6,8-10H2/t12-/m0/s1. The molecule has 0 bridgehead atoms. The van der Waals surface area contributed by atoms with Crippen molar-refractivity contribution < 1.29 is 14.3 Å². The van der Waals surface area contributed by atoms with Crippen molar-refractivity contribution in [3.8, 4) is 5.75 Å². The van der Waals surface area contributed by atoms with E-state index in [9.17, 15) is 4.79 Å². The summed E-state index contributed by atoms with van der Waals surface area (Å²) in [7, 11) is 0. The van der Waals surface area contributed by atoms with Crippen molar-refractivity contribution in [2.75, 3.05) is 37.8 Å². The number of ether oxygens (including phenoxy) is 2. The van der Waals surface area contributed by atoms with E-state index in [1.807, 2.05) is 0 Å². The Hall–Kier alpha value is -1.55. The number of aldehydes is 1. The van der Waals surface area contributed by atoms with E-state index in [4.69, 9.17) is 9.47 Å². The van der Waals surface area contributed by atoms with Gasteiger partial charge in [0.15, 0.2) is 0 Å². The number of fused-ring (bicyclic) bond motifs is 1. The van der Waals surface area contributed by atoms with Gasteiger partial charge in [-0.25, -0.2) is 0 Å². The van der Waals surface area contributed by atoms with E-state index in [2.05, 4.69) is 23.1 Å². The molecule has 1 atom stereocenters. The predicted octanol–water partition coefficient (Wildman–Crippen LogP) is 1.98. The van der Waals surface area contributed by atoms with E-state index in [-0.39, 0.29) is 0 Å². The molecule has 1 aromatic carbocycles. The molecule has 4 nitrogen and oxygen atoms in total. The first-order chi connectivity index (χ1) is 9.38. The van der Waals surface area contributed by atoms with Gasteiger partial charge in [0.05, 0.1) is 19.8 Å². The van der Waals surface area contributed by atoms with Crippen LogP contribution in [0.5, 0.6) is 5.75 Å². The Morgan fingerprint density at radius 2 is 2.11 bits per heavy atom. The summed E-state index contributed by atoms with van der Waals surface area (Å²) in [6.45, 7) is 4.13. The van der Waals surface area contributed by atoms with Crippen LogP contribution in [0.1, 0.15) is 24.3 Å². The normalized spacial score (nSPS) is 22.5. The molecule has 4 heteroatoms. The number of carbonyl (C=O) groups excluding carboxylic acids is 1. The second-order valence-electron chi connectivity index (χ2n) is 5.06. The second-order valence-corrected chi connectivity index (χ2v) is 5.06. The van der Waals surface area contributed by atoms with E-state index in [1.54, 1.807) is 0 Å². The molecule has 1 aromatic rings. The largest absolute Gasteiger partial charge is 0.493 e. The molecular formula is C15H19NO3. The van der Waals surface area contributed by atoms with Crippen molar-refractivity contribution in [3.05, 3.63) is 23.8 Å². The number of anilines is 1. The molecule has 0 unspecified atom stereocenters. The van der Waals surface area contributed by atoms with Gasteiger partial charge in [-0.05, 0) is 24.0 Å². The molecule has 1 fully saturated rings. The summed E-state index contributed by atoms with van der Waals surface area (Å²) in [4.78, 5) is 13.1. The van der Waals surface area contributed by atoms with Crippen LogP contribution in [0.2, 0.25) is 0 Å². The first kappa shape index (κ1) is 12.5. The lowest BCUT2D eigenvalue weighted by Crippen LogP contribution is -2.36. The zero-order valence-corrected chi connectivity index (χ0v) is 11.0. The van der Waals surface area contributed by atoms with Gasteiger partial charge in [0.1, 0.15) is 12.0 Å². The summed E-state index contributed by atoms with van der Waals surface area (Å²) < 4.78 is 11.1. The van der Waals surface area contributed by atoms with Crippen LogP contribution in [-0.2, 0) is 9.53 Å². The Balaban J connectivity index is 1.84. The van der Waals surface area contributed by atoms with Crippen LogP contribution in [0.4, 0.5) is 5.69 Å². The molecule has 102 valence electrons. The van der Waals surface area contributed by atoms with Gasteiger partial charge in [0.2, 0.25) is 0 Å². The maximum Gasteiger partial charge on any atom is 0.124 e. The minimum Gasteiger partial charge on any atom is -0.493 e. The number of carbonyl (C=O) groups is 1. The number of nitrogens with zero attached hydrogens (tertiary/aromatic N) is 1. The highest BCUT2D eigenvalue weighted by molar-refractivity contribution is 5.58. The van der Waals surface area contributed by atoms with Gasteiger partial charge in [-0.1, -0.05) is 6.07 Å². The summed E-state index contributed by atoms with van der Waals surface area (Å²) >= 11 is 0. The maximum atomic E-state index is 10.7. The Morgan fingerprint density at radius 1 is 1.26 bits per heavy atom. The molecule has 0 aliphatic carbocycles. The fourth-order valence-corrected chi connectivity index (χ4v) is 2.83. The van der Waals surface area contributed by atoms with Gasteiger partial charge in [0.25, 0.3) is 0 Å². The van der Waals surface area contributed by atoms with Crippen molar-refractivity contribution >= 4 is 12.0 Å². The van der Waals surface area contributed by atoms with E-state index >= 15 is 0 Å². The monoisotopic (exact) mass is 261 g/mol. The lowest BCUT2D eigenvalue weighted by molar-refractivity contribution is -0.108. The van der Waals surface area contributed by atoms with Crippen molar-refractivity contribution in [2.24, 2.45) is 0 Å². The van der Waals surface area contributed by atoms with E-state index in [1.165, 1.54) is 11.3 Å². The topological polar surface area (TPSA) is 38.8 Å². The Kier molecular flexibility index (Phi) is 3.69. The maximum absolute atomic E-state index is 10.7. The molecule has 0 saturated carbocycles. The number of hydrogen-bond acceptors (Lipinski definition) is 4. The average Bonchev–Trinajstić information content (AvgIpc) is 2.48. The quantitative estimate of drug-likeness (QED) is 0.780. The third-order valence-corrected chi connectivity index (χ3v) is 3.92. The Labute approximate surface area is 113 Å². The second kappa shape index (κ2) is 5.61. The van der Waals surface area contributed by atoms with Crippen LogP contribution in [-0.4, -0.2) is 39.2 Å². The smallest absolute Gasteiger partial charge is 0.124 e. The van der Waals surface area contributed by atoms with Crippen molar-refractivity contribution in [3.63, 3.8) is 0 Å². The number of rotatable bonds is 3. The van der Waals surface area contributed by atoms with Gasteiger partial charge in [-0.2, -0.15) is 0 Å². The lowest BCUT2D eigenvalue weighted by atomic mass is 9.90. The third kappa shape index (κ3) is 2.59. The summed E-state index contributed by atoms with van der Waals surface area (Å²) in [5.41, 5.74) is 2.36. The molecule has 1 saturated heterocycles. The summed E-state index contributed by atoms with van der Waals surface area (Å²) in [5, 5.41) is 0. The van der Waals surface area contributed by atoms with Crippen LogP contribution in [0.25, 0.3) is 0 Å².